The molecule has 0 radical (unpaired) electrons. The molecule has 10 heteroatoms. The van der Waals surface area contributed by atoms with Gasteiger partial charge in [0.1, 0.15) is 17.2 Å². The lowest BCUT2D eigenvalue weighted by molar-refractivity contribution is -0.143. The van der Waals surface area contributed by atoms with Crippen LogP contribution in [0.1, 0.15) is 25.0 Å². The molecule has 1 atom stereocenters. The number of carboxylic acid groups (broad SMARTS) is 1. The van der Waals surface area contributed by atoms with E-state index in [4.69, 9.17) is 20.4 Å². The molecule has 2 heterocycles. The van der Waals surface area contributed by atoms with Crippen molar-refractivity contribution in [3.8, 4) is 11.1 Å². The number of amides is 2. The van der Waals surface area contributed by atoms with Gasteiger partial charge in [-0.15, -0.1) is 0 Å². The minimum Gasteiger partial charge on any atom is -0.480 e. The molecule has 1 unspecified atom stereocenters. The second-order valence-corrected chi connectivity index (χ2v) is 9.51. The fraction of sp³-hybridized carbons (Fsp3) is 0.259. The van der Waals surface area contributed by atoms with Gasteiger partial charge in [-0.25, -0.2) is 9.59 Å². The highest BCUT2D eigenvalue weighted by Crippen LogP contribution is 2.35. The van der Waals surface area contributed by atoms with E-state index in [1.54, 1.807) is 45.2 Å². The molecule has 0 fully saturated rings. The first-order valence-corrected chi connectivity index (χ1v) is 11.9. The summed E-state index contributed by atoms with van der Waals surface area (Å²) >= 11 is 6.01. The Morgan fingerprint density at radius 2 is 1.73 bits per heavy atom. The fourth-order valence-electron chi connectivity index (χ4n) is 4.11. The van der Waals surface area contributed by atoms with Gasteiger partial charge in [-0.1, -0.05) is 37.6 Å². The van der Waals surface area contributed by atoms with Crippen LogP contribution in [0.25, 0.3) is 33.1 Å². The molecule has 0 saturated heterocycles. The maximum atomic E-state index is 12.7. The van der Waals surface area contributed by atoms with Crippen molar-refractivity contribution in [2.75, 3.05) is 6.54 Å². The predicted molar refractivity (Wildman–Crippen MR) is 139 cm³/mol. The molecule has 0 bridgehead atoms. The summed E-state index contributed by atoms with van der Waals surface area (Å²) in [5.41, 5.74) is 2.66. The Kier molecular flexibility index (Phi) is 7.35. The normalized spacial score (nSPS) is 12.1. The van der Waals surface area contributed by atoms with E-state index in [1.807, 2.05) is 18.2 Å². The predicted octanol–water partition coefficient (Wildman–Crippen LogP) is 4.05. The number of hydrogen-bond acceptors (Lipinski definition) is 6. The molecular formula is C27H25ClN2O7. The molecule has 0 spiro atoms. The van der Waals surface area contributed by atoms with Crippen molar-refractivity contribution < 1.29 is 28.3 Å². The third-order valence-electron chi connectivity index (χ3n) is 6.17. The minimum absolute atomic E-state index is 0.159. The van der Waals surface area contributed by atoms with Crippen LogP contribution in [0.2, 0.25) is 5.02 Å². The first-order chi connectivity index (χ1) is 17.5. The number of fused-ring (bicyclic) bond motifs is 2. The van der Waals surface area contributed by atoms with Gasteiger partial charge in [-0.2, -0.15) is 0 Å². The average Bonchev–Trinajstić information content (AvgIpc) is 3.25. The Morgan fingerprint density at radius 1 is 1.03 bits per heavy atom. The van der Waals surface area contributed by atoms with E-state index in [-0.39, 0.29) is 17.9 Å². The zero-order valence-electron chi connectivity index (χ0n) is 20.4. The SMILES string of the molecule is Cc1c(CC(=O)NCC(=O)NC(C(=O)O)C(C)C)c(=O)oc2cc3occ(-c4ccc(Cl)cc4)c3cc12. The molecule has 3 N–H and O–H groups in total. The van der Waals surface area contributed by atoms with Gasteiger partial charge in [0.05, 0.1) is 24.8 Å². The highest BCUT2D eigenvalue weighted by Gasteiger charge is 2.24. The molecule has 2 aromatic carbocycles. The topological polar surface area (TPSA) is 139 Å². The Balaban J connectivity index is 1.57. The van der Waals surface area contributed by atoms with Gasteiger partial charge in [-0.3, -0.25) is 9.59 Å². The summed E-state index contributed by atoms with van der Waals surface area (Å²) in [5, 5.41) is 16.1. The number of nitrogens with one attached hydrogen (secondary N) is 2. The summed E-state index contributed by atoms with van der Waals surface area (Å²) in [5.74, 6) is -2.71. The van der Waals surface area contributed by atoms with Gasteiger partial charge >= 0.3 is 11.6 Å². The number of aryl methyl sites for hydroxylation is 1. The Bertz CT molecular complexity index is 1570. The molecule has 0 saturated carbocycles. The zero-order valence-corrected chi connectivity index (χ0v) is 21.1. The maximum Gasteiger partial charge on any atom is 0.340 e. The van der Waals surface area contributed by atoms with Crippen LogP contribution in [0.3, 0.4) is 0 Å². The number of rotatable bonds is 8. The van der Waals surface area contributed by atoms with Crippen LogP contribution in [-0.2, 0) is 20.8 Å². The third kappa shape index (κ3) is 5.51. The molecule has 37 heavy (non-hydrogen) atoms. The first kappa shape index (κ1) is 26.0. The lowest BCUT2D eigenvalue weighted by atomic mass is 9.99. The highest BCUT2D eigenvalue weighted by atomic mass is 35.5. The van der Waals surface area contributed by atoms with Crippen molar-refractivity contribution in [1.29, 1.82) is 0 Å². The van der Waals surface area contributed by atoms with Crippen LogP contribution < -0.4 is 16.3 Å². The molecule has 2 amide bonds. The molecule has 4 rings (SSSR count). The van der Waals surface area contributed by atoms with Crippen molar-refractivity contribution in [2.45, 2.75) is 33.2 Å². The van der Waals surface area contributed by atoms with Gasteiger partial charge in [0, 0.05) is 27.4 Å². The average molecular weight is 525 g/mol. The van der Waals surface area contributed by atoms with E-state index in [2.05, 4.69) is 10.6 Å². The smallest absolute Gasteiger partial charge is 0.340 e. The van der Waals surface area contributed by atoms with Crippen LogP contribution in [-0.4, -0.2) is 35.5 Å². The molecule has 2 aromatic heterocycles. The van der Waals surface area contributed by atoms with Gasteiger partial charge < -0.3 is 24.6 Å². The van der Waals surface area contributed by atoms with Crippen LogP contribution >= 0.6 is 11.6 Å². The number of hydrogen-bond donors (Lipinski definition) is 3. The van der Waals surface area contributed by atoms with Gasteiger partial charge in [0.15, 0.2) is 0 Å². The second kappa shape index (κ2) is 10.5. The Hall–Kier alpha value is -4.11. The number of carbonyl (C=O) groups is 3. The number of benzene rings is 2. The zero-order chi connectivity index (χ0) is 26.9. The van der Waals surface area contributed by atoms with E-state index in [0.29, 0.717) is 27.1 Å². The quantitative estimate of drug-likeness (QED) is 0.295. The highest BCUT2D eigenvalue weighted by molar-refractivity contribution is 6.30. The van der Waals surface area contributed by atoms with Gasteiger partial charge in [0.25, 0.3) is 0 Å². The maximum absolute atomic E-state index is 12.7. The van der Waals surface area contributed by atoms with Crippen LogP contribution in [0.5, 0.6) is 0 Å². The number of aliphatic carboxylic acids is 1. The van der Waals surface area contributed by atoms with Crippen LogP contribution in [0.4, 0.5) is 0 Å². The van der Waals surface area contributed by atoms with E-state index >= 15 is 0 Å². The number of carbonyl (C=O) groups excluding carboxylic acids is 2. The minimum atomic E-state index is -1.16. The Morgan fingerprint density at radius 3 is 2.38 bits per heavy atom. The monoisotopic (exact) mass is 524 g/mol. The lowest BCUT2D eigenvalue weighted by Crippen LogP contribution is -2.48. The standard InChI is InChI=1S/C27H25ClN2O7/c1-13(2)25(26(33)34)30-24(32)11-29-23(31)9-18-14(3)17-8-19-20(15-4-6-16(28)7-5-15)12-36-21(19)10-22(17)37-27(18)35/h4-8,10,12-13,25H,9,11H2,1-3H3,(H,29,31)(H,30,32)(H,33,34). The molecule has 192 valence electrons. The largest absolute Gasteiger partial charge is 0.480 e. The first-order valence-electron chi connectivity index (χ1n) is 11.6. The lowest BCUT2D eigenvalue weighted by Gasteiger charge is -2.18. The van der Waals surface area contributed by atoms with Crippen LogP contribution in [0, 0.1) is 12.8 Å². The number of carboxylic acids is 1. The van der Waals surface area contributed by atoms with E-state index in [0.717, 1.165) is 16.5 Å². The molecule has 9 nitrogen and oxygen atoms in total. The van der Waals surface area contributed by atoms with Crippen molar-refractivity contribution in [1.82, 2.24) is 10.6 Å². The van der Waals surface area contributed by atoms with E-state index in [9.17, 15) is 24.3 Å². The van der Waals surface area contributed by atoms with Crippen molar-refractivity contribution in [3.05, 3.63) is 69.2 Å². The van der Waals surface area contributed by atoms with Crippen molar-refractivity contribution >= 4 is 51.3 Å². The Labute approximate surface area is 216 Å². The number of halogens is 1. The molecular weight excluding hydrogens is 500 g/mol. The summed E-state index contributed by atoms with van der Waals surface area (Å²) in [6.07, 6.45) is 1.31. The van der Waals surface area contributed by atoms with Gasteiger partial charge in [-0.05, 0) is 42.2 Å². The number of furan rings is 1. The second-order valence-electron chi connectivity index (χ2n) is 9.07. The van der Waals surface area contributed by atoms with Crippen molar-refractivity contribution in [3.63, 3.8) is 0 Å². The van der Waals surface area contributed by atoms with Crippen molar-refractivity contribution in [2.24, 2.45) is 5.92 Å². The summed E-state index contributed by atoms with van der Waals surface area (Å²) < 4.78 is 11.2. The molecule has 0 aliphatic rings. The molecule has 0 aliphatic carbocycles. The molecule has 0 aliphatic heterocycles. The third-order valence-corrected chi connectivity index (χ3v) is 6.42. The van der Waals surface area contributed by atoms with E-state index < -0.39 is 36.0 Å². The van der Waals surface area contributed by atoms with E-state index in [1.165, 1.54) is 0 Å². The summed E-state index contributed by atoms with van der Waals surface area (Å²) in [4.78, 5) is 48.6. The molecule has 4 aromatic rings. The summed E-state index contributed by atoms with van der Waals surface area (Å²) in [6.45, 7) is 4.63. The summed E-state index contributed by atoms with van der Waals surface area (Å²) in [7, 11) is 0. The summed E-state index contributed by atoms with van der Waals surface area (Å²) in [6, 6.07) is 9.73. The van der Waals surface area contributed by atoms with Gasteiger partial charge in [0.2, 0.25) is 11.8 Å². The van der Waals surface area contributed by atoms with Crippen LogP contribution in [0.15, 0.2) is 56.3 Å². The fourth-order valence-corrected chi connectivity index (χ4v) is 4.23.